The van der Waals surface area contributed by atoms with Crippen LogP contribution in [0.15, 0.2) is 12.2 Å². The topological polar surface area (TPSA) is 134 Å². The first kappa shape index (κ1) is 50.8. The first-order valence-electron chi connectivity index (χ1n) is 21.7. The third-order valence-corrected chi connectivity index (χ3v) is 10.4. The van der Waals surface area contributed by atoms with Crippen molar-refractivity contribution in [3.05, 3.63) is 12.2 Å². The van der Waals surface area contributed by atoms with Gasteiger partial charge in [0.05, 0.1) is 13.2 Å². The lowest BCUT2D eigenvalue weighted by atomic mass is 10.0. The minimum atomic E-state index is -4.37. The van der Waals surface area contributed by atoms with E-state index in [1.165, 1.54) is 148 Å². The highest BCUT2D eigenvalue weighted by Gasteiger charge is 2.26. The Morgan fingerprint density at radius 2 is 0.942 bits per heavy atom. The van der Waals surface area contributed by atoms with E-state index in [-0.39, 0.29) is 38.6 Å². The van der Waals surface area contributed by atoms with Gasteiger partial charge in [0, 0.05) is 19.4 Å². The molecule has 0 spiro atoms. The fourth-order valence-electron chi connectivity index (χ4n) is 6.16. The van der Waals surface area contributed by atoms with Crippen LogP contribution in [0, 0.1) is 0 Å². The van der Waals surface area contributed by atoms with Gasteiger partial charge in [-0.1, -0.05) is 174 Å². The van der Waals surface area contributed by atoms with Gasteiger partial charge in [0.2, 0.25) is 0 Å². The van der Waals surface area contributed by atoms with Crippen LogP contribution in [0.4, 0.5) is 0 Å². The lowest BCUT2D eigenvalue weighted by molar-refractivity contribution is -0.161. The molecule has 0 saturated carbocycles. The Bertz CT molecular complexity index is 871. The summed E-state index contributed by atoms with van der Waals surface area (Å²) in [7, 11) is -4.37. The molecule has 0 aromatic rings. The molecule has 0 aromatic heterocycles. The van der Waals surface area contributed by atoms with Gasteiger partial charge in [-0.15, -0.1) is 0 Å². The van der Waals surface area contributed by atoms with Crippen molar-refractivity contribution in [1.29, 1.82) is 0 Å². The van der Waals surface area contributed by atoms with Crippen molar-refractivity contribution < 1.29 is 37.6 Å². The van der Waals surface area contributed by atoms with E-state index in [2.05, 4.69) is 26.0 Å². The Morgan fingerprint density at radius 3 is 1.37 bits per heavy atom. The van der Waals surface area contributed by atoms with Crippen LogP contribution < -0.4 is 5.73 Å². The number of phosphoric ester groups is 1. The van der Waals surface area contributed by atoms with Crippen molar-refractivity contribution >= 4 is 19.8 Å². The molecule has 0 bridgehead atoms. The van der Waals surface area contributed by atoms with Crippen LogP contribution in [0.5, 0.6) is 0 Å². The summed E-state index contributed by atoms with van der Waals surface area (Å²) >= 11 is 0. The first-order chi connectivity index (χ1) is 25.3. The fraction of sp³-hybridized carbons (Fsp3) is 0.905. The van der Waals surface area contributed by atoms with Gasteiger partial charge < -0.3 is 20.1 Å². The van der Waals surface area contributed by atoms with Gasteiger partial charge >= 0.3 is 19.8 Å². The molecule has 0 heterocycles. The number of hydrogen-bond acceptors (Lipinski definition) is 8. The second-order valence-electron chi connectivity index (χ2n) is 14.6. The average molecular weight is 760 g/mol. The zero-order chi connectivity index (χ0) is 38.2. The third kappa shape index (κ3) is 38.5. The van der Waals surface area contributed by atoms with Crippen LogP contribution in [-0.4, -0.2) is 49.3 Å². The number of allylic oxidation sites excluding steroid dienone is 2. The smallest absolute Gasteiger partial charge is 0.462 e. The number of hydrogen-bond donors (Lipinski definition) is 2. The molecule has 9 nitrogen and oxygen atoms in total. The second-order valence-corrected chi connectivity index (χ2v) is 16.0. The molecule has 0 aliphatic rings. The number of ether oxygens (including phenoxy) is 2. The Balaban J connectivity index is 4.12. The minimum absolute atomic E-state index is 0.0557. The van der Waals surface area contributed by atoms with Crippen molar-refractivity contribution in [3.8, 4) is 0 Å². The number of carbonyl (C=O) groups excluding carboxylic acids is 2. The van der Waals surface area contributed by atoms with Crippen molar-refractivity contribution in [2.45, 2.75) is 219 Å². The minimum Gasteiger partial charge on any atom is -0.462 e. The quantitative estimate of drug-likeness (QED) is 0.0270. The number of carbonyl (C=O) groups is 2. The molecule has 0 aromatic carbocycles. The Kier molecular flexibility index (Phi) is 38.5. The lowest BCUT2D eigenvalue weighted by Crippen LogP contribution is -2.29. The molecule has 0 amide bonds. The maximum Gasteiger partial charge on any atom is 0.472 e. The molecule has 10 heteroatoms. The number of unbranched alkanes of at least 4 members (excludes halogenated alkanes) is 26. The Hall–Kier alpha value is -1.25. The highest BCUT2D eigenvalue weighted by molar-refractivity contribution is 7.47. The van der Waals surface area contributed by atoms with Crippen LogP contribution in [0.3, 0.4) is 0 Å². The summed E-state index contributed by atoms with van der Waals surface area (Å²) in [6.45, 7) is 3.75. The first-order valence-corrected chi connectivity index (χ1v) is 23.2. The maximum atomic E-state index is 12.6. The van der Waals surface area contributed by atoms with E-state index in [1.807, 2.05) is 0 Å². The number of rotatable bonds is 41. The number of phosphoric acid groups is 1. The van der Waals surface area contributed by atoms with Gasteiger partial charge in [-0.25, -0.2) is 4.57 Å². The fourth-order valence-corrected chi connectivity index (χ4v) is 6.92. The number of esters is 2. The molecule has 0 rings (SSSR count). The molecule has 0 saturated heterocycles. The molecular formula is C42H82NO8P. The predicted octanol–water partition coefficient (Wildman–Crippen LogP) is 12.2. The molecular weight excluding hydrogens is 677 g/mol. The second kappa shape index (κ2) is 39.4. The summed E-state index contributed by atoms with van der Waals surface area (Å²) in [6, 6.07) is 0. The van der Waals surface area contributed by atoms with E-state index in [0.717, 1.165) is 32.1 Å². The highest BCUT2D eigenvalue weighted by Crippen LogP contribution is 2.43. The van der Waals surface area contributed by atoms with Crippen molar-refractivity contribution in [2.75, 3.05) is 26.4 Å². The molecule has 2 atom stereocenters. The predicted molar refractivity (Wildman–Crippen MR) is 215 cm³/mol. The summed E-state index contributed by atoms with van der Waals surface area (Å²) in [5.74, 6) is -0.823. The van der Waals surface area contributed by atoms with Crippen LogP contribution in [0.1, 0.15) is 213 Å². The van der Waals surface area contributed by atoms with E-state index in [0.29, 0.717) is 6.42 Å². The lowest BCUT2D eigenvalue weighted by Gasteiger charge is -2.19. The van der Waals surface area contributed by atoms with Gasteiger partial charge in [0.25, 0.3) is 0 Å². The molecule has 3 N–H and O–H groups in total. The van der Waals surface area contributed by atoms with Gasteiger partial charge in [-0.3, -0.25) is 18.6 Å². The Morgan fingerprint density at radius 1 is 0.558 bits per heavy atom. The van der Waals surface area contributed by atoms with Crippen LogP contribution in [0.25, 0.3) is 0 Å². The SMILES string of the molecule is CCCCCCCC/C=C\CCCCCCCCCC(=O)OC[C@H](COP(=O)(O)OCCN)OC(=O)CCCCCCCCCCCCCCCC. The Labute approximate surface area is 319 Å². The van der Waals surface area contributed by atoms with Crippen molar-refractivity contribution in [2.24, 2.45) is 5.73 Å². The van der Waals surface area contributed by atoms with E-state index in [1.54, 1.807) is 0 Å². The summed E-state index contributed by atoms with van der Waals surface area (Å²) < 4.78 is 32.8. The van der Waals surface area contributed by atoms with Crippen molar-refractivity contribution in [3.63, 3.8) is 0 Å². The molecule has 52 heavy (non-hydrogen) atoms. The normalized spacial score (nSPS) is 13.4. The summed E-state index contributed by atoms with van der Waals surface area (Å²) in [6.07, 6.45) is 39.5. The van der Waals surface area contributed by atoms with Gasteiger partial charge in [0.15, 0.2) is 6.10 Å². The van der Waals surface area contributed by atoms with Crippen molar-refractivity contribution in [1.82, 2.24) is 0 Å². The van der Waals surface area contributed by atoms with E-state index in [9.17, 15) is 19.0 Å². The van der Waals surface area contributed by atoms with Gasteiger partial charge in [-0.05, 0) is 38.5 Å². The zero-order valence-electron chi connectivity index (χ0n) is 33.8. The summed E-state index contributed by atoms with van der Waals surface area (Å²) in [5, 5.41) is 0. The summed E-state index contributed by atoms with van der Waals surface area (Å²) in [4.78, 5) is 34.8. The van der Waals surface area contributed by atoms with E-state index in [4.69, 9.17) is 24.3 Å². The van der Waals surface area contributed by atoms with Gasteiger partial charge in [-0.2, -0.15) is 0 Å². The standard InChI is InChI=1S/C42H82NO8P/c1-3-5-7-9-11-13-15-17-19-20-21-23-24-26-28-30-32-34-41(44)48-38-40(39-50-52(46,47)49-37-36-43)51-42(45)35-33-31-29-27-25-22-18-16-14-12-10-8-6-4-2/h17,19,40H,3-16,18,20-39,43H2,1-2H3,(H,46,47)/b19-17-/t40-/m1/s1. The molecule has 0 radical (unpaired) electrons. The molecule has 1 unspecified atom stereocenters. The molecule has 308 valence electrons. The molecule has 0 aliphatic heterocycles. The molecule has 0 aliphatic carbocycles. The van der Waals surface area contributed by atoms with E-state index < -0.39 is 26.5 Å². The zero-order valence-corrected chi connectivity index (χ0v) is 34.7. The largest absolute Gasteiger partial charge is 0.472 e. The number of nitrogens with two attached hydrogens (primary N) is 1. The molecule has 0 fully saturated rings. The third-order valence-electron chi connectivity index (χ3n) is 9.40. The highest BCUT2D eigenvalue weighted by atomic mass is 31.2. The summed E-state index contributed by atoms with van der Waals surface area (Å²) in [5.41, 5.74) is 5.34. The maximum absolute atomic E-state index is 12.6. The van der Waals surface area contributed by atoms with Gasteiger partial charge in [0.1, 0.15) is 6.61 Å². The monoisotopic (exact) mass is 760 g/mol. The average Bonchev–Trinajstić information content (AvgIpc) is 3.13. The van der Waals surface area contributed by atoms with Crippen LogP contribution in [-0.2, 0) is 32.7 Å². The van der Waals surface area contributed by atoms with E-state index >= 15 is 0 Å². The van der Waals surface area contributed by atoms with Crippen LogP contribution in [0.2, 0.25) is 0 Å². The van der Waals surface area contributed by atoms with Crippen LogP contribution >= 0.6 is 7.82 Å².